The Hall–Kier alpha value is -3.14. The Balaban J connectivity index is 1.61. The minimum atomic E-state index is -0.293. The van der Waals surface area contributed by atoms with Crippen molar-refractivity contribution in [2.75, 3.05) is 6.61 Å². The normalized spacial score (nSPS) is 11.3. The van der Waals surface area contributed by atoms with Gasteiger partial charge in [-0.2, -0.15) is 5.10 Å². The molecule has 1 N–H and O–H groups in total. The highest BCUT2D eigenvalue weighted by atomic mass is 16.5. The van der Waals surface area contributed by atoms with Crippen molar-refractivity contribution in [2.24, 2.45) is 5.10 Å². The second kappa shape index (κ2) is 7.42. The average molecular weight is 318 g/mol. The standard InChI is InChI=1S/C20H18N2O2/c1-15(16-8-3-2-4-9-16)21-22-20(23)14-24-19-13-7-11-17-10-5-6-12-18(17)19/h2-13H,14H2,1H3,(H,22,23)/b21-15-. The summed E-state index contributed by atoms with van der Waals surface area (Å²) < 4.78 is 5.64. The van der Waals surface area contributed by atoms with Crippen molar-refractivity contribution in [1.82, 2.24) is 5.43 Å². The molecule has 0 unspecified atom stereocenters. The third-order valence-corrected chi connectivity index (χ3v) is 3.65. The van der Waals surface area contributed by atoms with Crippen LogP contribution in [0.1, 0.15) is 12.5 Å². The van der Waals surface area contributed by atoms with Gasteiger partial charge in [0.2, 0.25) is 0 Å². The van der Waals surface area contributed by atoms with Crippen molar-refractivity contribution in [2.45, 2.75) is 6.92 Å². The quantitative estimate of drug-likeness (QED) is 0.575. The number of ether oxygens (including phenoxy) is 1. The first-order chi connectivity index (χ1) is 11.7. The van der Waals surface area contributed by atoms with E-state index in [0.717, 1.165) is 22.0 Å². The molecule has 0 aliphatic heterocycles. The van der Waals surface area contributed by atoms with Crippen molar-refractivity contribution in [3.8, 4) is 5.75 Å². The van der Waals surface area contributed by atoms with E-state index in [1.807, 2.05) is 79.7 Å². The Bertz CT molecular complexity index is 868. The molecule has 0 heterocycles. The molecule has 120 valence electrons. The van der Waals surface area contributed by atoms with E-state index < -0.39 is 0 Å². The summed E-state index contributed by atoms with van der Waals surface area (Å²) in [5, 5.41) is 6.17. The fourth-order valence-corrected chi connectivity index (χ4v) is 2.39. The topological polar surface area (TPSA) is 50.7 Å². The van der Waals surface area contributed by atoms with Crippen LogP contribution in [0.5, 0.6) is 5.75 Å². The van der Waals surface area contributed by atoms with Crippen LogP contribution in [-0.2, 0) is 4.79 Å². The summed E-state index contributed by atoms with van der Waals surface area (Å²) >= 11 is 0. The molecule has 0 fully saturated rings. The second-order valence-corrected chi connectivity index (χ2v) is 5.36. The lowest BCUT2D eigenvalue weighted by atomic mass is 10.1. The van der Waals surface area contributed by atoms with Gasteiger partial charge in [0.1, 0.15) is 5.75 Å². The van der Waals surface area contributed by atoms with Crippen LogP contribution in [0.2, 0.25) is 0 Å². The lowest BCUT2D eigenvalue weighted by Gasteiger charge is -2.08. The van der Waals surface area contributed by atoms with Gasteiger partial charge in [0.25, 0.3) is 5.91 Å². The molecule has 4 nitrogen and oxygen atoms in total. The highest BCUT2D eigenvalue weighted by Crippen LogP contribution is 2.24. The summed E-state index contributed by atoms with van der Waals surface area (Å²) in [6, 6.07) is 23.4. The number of hydrogen-bond donors (Lipinski definition) is 1. The van der Waals surface area contributed by atoms with Gasteiger partial charge in [-0.1, -0.05) is 66.7 Å². The lowest BCUT2D eigenvalue weighted by Crippen LogP contribution is -2.25. The molecule has 0 spiro atoms. The largest absolute Gasteiger partial charge is 0.483 e. The number of hydrogen-bond acceptors (Lipinski definition) is 3. The van der Waals surface area contributed by atoms with Crippen molar-refractivity contribution in [3.63, 3.8) is 0 Å². The monoisotopic (exact) mass is 318 g/mol. The molecule has 3 aromatic carbocycles. The highest BCUT2D eigenvalue weighted by molar-refractivity contribution is 5.99. The first-order valence-corrected chi connectivity index (χ1v) is 7.73. The third-order valence-electron chi connectivity index (χ3n) is 3.65. The van der Waals surface area contributed by atoms with E-state index in [1.165, 1.54) is 0 Å². The van der Waals surface area contributed by atoms with E-state index >= 15 is 0 Å². The number of carbonyl (C=O) groups excluding carboxylic acids is 1. The molecule has 0 atom stereocenters. The third kappa shape index (κ3) is 3.79. The number of nitrogens with one attached hydrogen (secondary N) is 1. The summed E-state index contributed by atoms with van der Waals surface area (Å²) in [6.45, 7) is 1.76. The molecule has 0 aromatic heterocycles. The number of amides is 1. The van der Waals surface area contributed by atoms with E-state index in [2.05, 4.69) is 10.5 Å². The maximum absolute atomic E-state index is 11.9. The molecular weight excluding hydrogens is 300 g/mol. The molecule has 0 aliphatic rings. The van der Waals surface area contributed by atoms with E-state index in [0.29, 0.717) is 5.75 Å². The van der Waals surface area contributed by atoms with Crippen LogP contribution >= 0.6 is 0 Å². The summed E-state index contributed by atoms with van der Waals surface area (Å²) in [5.41, 5.74) is 4.23. The summed E-state index contributed by atoms with van der Waals surface area (Å²) in [5.74, 6) is 0.394. The van der Waals surface area contributed by atoms with Crippen LogP contribution < -0.4 is 10.2 Å². The minimum absolute atomic E-state index is 0.0838. The fraction of sp³-hybridized carbons (Fsp3) is 0.100. The molecule has 0 aliphatic carbocycles. The SMILES string of the molecule is C/C(=N/NC(=O)COc1cccc2ccccc12)c1ccccc1. The Kier molecular flexibility index (Phi) is 4.87. The number of nitrogens with zero attached hydrogens (tertiary/aromatic N) is 1. The van der Waals surface area contributed by atoms with Crippen molar-refractivity contribution in [3.05, 3.63) is 78.4 Å². The molecule has 3 rings (SSSR count). The molecule has 0 saturated carbocycles. The number of rotatable bonds is 5. The maximum atomic E-state index is 11.9. The number of fused-ring (bicyclic) bond motifs is 1. The molecule has 3 aromatic rings. The maximum Gasteiger partial charge on any atom is 0.277 e. The molecule has 4 heteroatoms. The van der Waals surface area contributed by atoms with Crippen molar-refractivity contribution >= 4 is 22.4 Å². The minimum Gasteiger partial charge on any atom is -0.483 e. The van der Waals surface area contributed by atoms with Crippen LogP contribution in [0.25, 0.3) is 10.8 Å². The Morgan fingerprint density at radius 3 is 2.50 bits per heavy atom. The van der Waals surface area contributed by atoms with E-state index in [1.54, 1.807) is 0 Å². The van der Waals surface area contributed by atoms with Crippen LogP contribution in [0, 0.1) is 0 Å². The summed E-state index contributed by atoms with van der Waals surface area (Å²) in [4.78, 5) is 11.9. The number of carbonyl (C=O) groups is 1. The second-order valence-electron chi connectivity index (χ2n) is 5.36. The van der Waals surface area contributed by atoms with Gasteiger partial charge in [0, 0.05) is 5.39 Å². The number of hydrazone groups is 1. The van der Waals surface area contributed by atoms with Gasteiger partial charge < -0.3 is 4.74 Å². The van der Waals surface area contributed by atoms with Gasteiger partial charge >= 0.3 is 0 Å². The van der Waals surface area contributed by atoms with Crippen LogP contribution in [0.15, 0.2) is 77.9 Å². The van der Waals surface area contributed by atoms with E-state index in [9.17, 15) is 4.79 Å². The van der Waals surface area contributed by atoms with Gasteiger partial charge in [-0.3, -0.25) is 4.79 Å². The van der Waals surface area contributed by atoms with Crippen LogP contribution in [0.4, 0.5) is 0 Å². The van der Waals surface area contributed by atoms with Crippen LogP contribution in [0.3, 0.4) is 0 Å². The van der Waals surface area contributed by atoms with E-state index in [-0.39, 0.29) is 12.5 Å². The zero-order chi connectivity index (χ0) is 16.8. The molecule has 0 saturated heterocycles. The molecule has 24 heavy (non-hydrogen) atoms. The lowest BCUT2D eigenvalue weighted by molar-refractivity contribution is -0.123. The van der Waals surface area contributed by atoms with Gasteiger partial charge in [-0.05, 0) is 23.9 Å². The first kappa shape index (κ1) is 15.7. The predicted molar refractivity (Wildman–Crippen MR) is 96.2 cm³/mol. The Labute approximate surface area is 140 Å². The predicted octanol–water partition coefficient (Wildman–Crippen LogP) is 3.76. The first-order valence-electron chi connectivity index (χ1n) is 7.73. The van der Waals surface area contributed by atoms with Crippen molar-refractivity contribution in [1.29, 1.82) is 0 Å². The molecule has 0 radical (unpaired) electrons. The fourth-order valence-electron chi connectivity index (χ4n) is 2.39. The van der Waals surface area contributed by atoms with Gasteiger partial charge in [-0.15, -0.1) is 0 Å². The van der Waals surface area contributed by atoms with Crippen LogP contribution in [-0.4, -0.2) is 18.2 Å². The Morgan fingerprint density at radius 2 is 1.67 bits per heavy atom. The zero-order valence-electron chi connectivity index (χ0n) is 13.4. The zero-order valence-corrected chi connectivity index (χ0v) is 13.4. The van der Waals surface area contributed by atoms with Gasteiger partial charge in [-0.25, -0.2) is 5.43 Å². The average Bonchev–Trinajstić information content (AvgIpc) is 2.65. The Morgan fingerprint density at radius 1 is 0.958 bits per heavy atom. The summed E-state index contributed by atoms with van der Waals surface area (Å²) in [6.07, 6.45) is 0. The molecule has 0 bridgehead atoms. The summed E-state index contributed by atoms with van der Waals surface area (Å²) in [7, 11) is 0. The smallest absolute Gasteiger partial charge is 0.277 e. The van der Waals surface area contributed by atoms with Crippen molar-refractivity contribution < 1.29 is 9.53 Å². The molecular formula is C20H18N2O2. The van der Waals surface area contributed by atoms with E-state index in [4.69, 9.17) is 4.74 Å². The molecule has 1 amide bonds. The van der Waals surface area contributed by atoms with Gasteiger partial charge in [0.15, 0.2) is 6.61 Å². The number of benzene rings is 3. The van der Waals surface area contributed by atoms with Gasteiger partial charge in [0.05, 0.1) is 5.71 Å². The highest BCUT2D eigenvalue weighted by Gasteiger charge is 2.05.